The van der Waals surface area contributed by atoms with Crippen LogP contribution in [-0.2, 0) is 0 Å². The Morgan fingerprint density at radius 2 is 1.50 bits per heavy atom. The van der Waals surface area contributed by atoms with Crippen LogP contribution >= 0.6 is 0 Å². The molecule has 2 fully saturated rings. The lowest BCUT2D eigenvalue weighted by Gasteiger charge is -2.47. The first-order valence-electron chi connectivity index (χ1n) is 5.54. The molecule has 4 atom stereocenters. The first kappa shape index (κ1) is 10.4. The van der Waals surface area contributed by atoms with Gasteiger partial charge in [0.15, 0.2) is 0 Å². The van der Waals surface area contributed by atoms with Crippen LogP contribution < -0.4 is 0 Å². The summed E-state index contributed by atoms with van der Waals surface area (Å²) in [6, 6.07) is 0. The van der Waals surface area contributed by atoms with Crippen molar-refractivity contribution in [2.45, 2.75) is 58.7 Å². The zero-order valence-corrected chi connectivity index (χ0v) is 9.89. The molecule has 2 heteroatoms. The van der Waals surface area contributed by atoms with Crippen LogP contribution in [0.1, 0.15) is 47.5 Å². The molecule has 2 bridgehead atoms. The van der Waals surface area contributed by atoms with Crippen LogP contribution in [0, 0.1) is 16.7 Å². The molecule has 2 aliphatic rings. The molecule has 2 aliphatic carbocycles. The van der Waals surface area contributed by atoms with Crippen molar-refractivity contribution < 1.29 is 10.2 Å². The van der Waals surface area contributed by atoms with E-state index < -0.39 is 11.2 Å². The van der Waals surface area contributed by atoms with Gasteiger partial charge in [-0.05, 0) is 38.0 Å². The normalized spacial score (nSPS) is 60.6. The Morgan fingerprint density at radius 3 is 1.71 bits per heavy atom. The molecule has 0 aromatic rings. The Morgan fingerprint density at radius 1 is 1.00 bits per heavy atom. The molecule has 2 rings (SSSR count). The average Bonchev–Trinajstić information content (AvgIpc) is 2.26. The van der Waals surface area contributed by atoms with Crippen LogP contribution in [0.15, 0.2) is 0 Å². The Kier molecular flexibility index (Phi) is 1.64. The summed E-state index contributed by atoms with van der Waals surface area (Å²) in [5.41, 5.74) is -2.04. The van der Waals surface area contributed by atoms with Crippen LogP contribution in [0.2, 0.25) is 0 Å². The van der Waals surface area contributed by atoms with Crippen molar-refractivity contribution in [2.75, 3.05) is 0 Å². The molecular weight excluding hydrogens is 176 g/mol. The molecule has 0 saturated heterocycles. The van der Waals surface area contributed by atoms with Gasteiger partial charge in [-0.25, -0.2) is 0 Å². The quantitative estimate of drug-likeness (QED) is 0.624. The minimum absolute atomic E-state index is 0.0278. The SMILES string of the molecule is CC1(C)[C@@H]2CC[C@@]1(C)[C@](C)(O)[C@]2(C)O. The molecule has 2 N–H and O–H groups in total. The molecule has 0 aromatic carbocycles. The number of hydrogen-bond donors (Lipinski definition) is 2. The molecule has 2 nitrogen and oxygen atoms in total. The van der Waals surface area contributed by atoms with Crippen molar-refractivity contribution in [2.24, 2.45) is 16.7 Å². The molecule has 0 aliphatic heterocycles. The van der Waals surface area contributed by atoms with Crippen LogP contribution in [0.5, 0.6) is 0 Å². The highest BCUT2D eigenvalue weighted by Crippen LogP contribution is 2.72. The van der Waals surface area contributed by atoms with Crippen LogP contribution in [0.3, 0.4) is 0 Å². The van der Waals surface area contributed by atoms with Crippen molar-refractivity contribution >= 4 is 0 Å². The van der Waals surface area contributed by atoms with E-state index in [1.54, 1.807) is 13.8 Å². The van der Waals surface area contributed by atoms with Gasteiger partial charge < -0.3 is 10.2 Å². The maximum Gasteiger partial charge on any atom is 0.0963 e. The number of fused-ring (bicyclic) bond motifs is 2. The lowest BCUT2D eigenvalue weighted by atomic mass is 9.63. The smallest absolute Gasteiger partial charge is 0.0963 e. The van der Waals surface area contributed by atoms with Gasteiger partial charge >= 0.3 is 0 Å². The van der Waals surface area contributed by atoms with Gasteiger partial charge in [0, 0.05) is 5.41 Å². The monoisotopic (exact) mass is 198 g/mol. The van der Waals surface area contributed by atoms with E-state index in [1.807, 2.05) is 0 Å². The summed E-state index contributed by atoms with van der Waals surface area (Å²) in [7, 11) is 0. The zero-order valence-electron chi connectivity index (χ0n) is 9.89. The molecule has 0 heterocycles. The maximum atomic E-state index is 10.6. The van der Waals surface area contributed by atoms with E-state index in [0.717, 1.165) is 12.8 Å². The van der Waals surface area contributed by atoms with Gasteiger partial charge in [-0.2, -0.15) is 0 Å². The highest BCUT2D eigenvalue weighted by molar-refractivity contribution is 5.25. The largest absolute Gasteiger partial charge is 0.387 e. The third-order valence-electron chi connectivity index (χ3n) is 5.96. The van der Waals surface area contributed by atoms with Gasteiger partial charge in [0.2, 0.25) is 0 Å². The van der Waals surface area contributed by atoms with E-state index in [1.165, 1.54) is 0 Å². The number of hydrogen-bond acceptors (Lipinski definition) is 2. The average molecular weight is 198 g/mol. The Hall–Kier alpha value is -0.0800. The molecule has 82 valence electrons. The van der Waals surface area contributed by atoms with Crippen LogP contribution in [0.4, 0.5) is 0 Å². The summed E-state index contributed by atoms with van der Waals surface area (Å²) < 4.78 is 0. The topological polar surface area (TPSA) is 40.5 Å². The standard InChI is InChI=1S/C12H22O2/c1-9(2)8-6-7-10(9,3)12(5,14)11(8,4)13/h8,13-14H,6-7H2,1-5H3/t8-,10+,11+,12-/m0/s1. The molecule has 0 radical (unpaired) electrons. The van der Waals surface area contributed by atoms with Gasteiger partial charge in [0.25, 0.3) is 0 Å². The summed E-state index contributed by atoms with van der Waals surface area (Å²) in [5, 5.41) is 21.0. The second kappa shape index (κ2) is 2.19. The molecule has 0 spiro atoms. The minimum Gasteiger partial charge on any atom is -0.387 e. The van der Waals surface area contributed by atoms with E-state index in [-0.39, 0.29) is 16.7 Å². The molecule has 2 saturated carbocycles. The fourth-order valence-electron chi connectivity index (χ4n) is 4.25. The Labute approximate surface area is 86.3 Å². The van der Waals surface area contributed by atoms with Crippen molar-refractivity contribution in [1.82, 2.24) is 0 Å². The van der Waals surface area contributed by atoms with Crippen molar-refractivity contribution in [1.29, 1.82) is 0 Å². The third kappa shape index (κ3) is 0.704. The maximum absolute atomic E-state index is 10.6. The third-order valence-corrected chi connectivity index (χ3v) is 5.96. The van der Waals surface area contributed by atoms with Gasteiger partial charge in [-0.15, -0.1) is 0 Å². The lowest BCUT2D eigenvalue weighted by molar-refractivity contribution is -0.186. The highest BCUT2D eigenvalue weighted by Gasteiger charge is 2.76. The van der Waals surface area contributed by atoms with Gasteiger partial charge in [0.1, 0.15) is 0 Å². The van der Waals surface area contributed by atoms with E-state index >= 15 is 0 Å². The fraction of sp³-hybridized carbons (Fsp3) is 1.00. The number of aliphatic hydroxyl groups is 2. The second-order valence-electron chi connectivity index (χ2n) is 6.36. The van der Waals surface area contributed by atoms with Crippen molar-refractivity contribution in [3.63, 3.8) is 0 Å². The predicted molar refractivity (Wildman–Crippen MR) is 55.9 cm³/mol. The van der Waals surface area contributed by atoms with E-state index in [4.69, 9.17) is 0 Å². The first-order valence-corrected chi connectivity index (χ1v) is 5.54. The number of rotatable bonds is 0. The van der Waals surface area contributed by atoms with E-state index in [0.29, 0.717) is 0 Å². The van der Waals surface area contributed by atoms with Gasteiger partial charge in [-0.1, -0.05) is 20.8 Å². The van der Waals surface area contributed by atoms with Crippen molar-refractivity contribution in [3.05, 3.63) is 0 Å². The van der Waals surface area contributed by atoms with Crippen LogP contribution in [-0.4, -0.2) is 21.4 Å². The zero-order chi connectivity index (χ0) is 11.0. The predicted octanol–water partition coefficient (Wildman–Crippen LogP) is 1.94. The highest BCUT2D eigenvalue weighted by atomic mass is 16.4. The van der Waals surface area contributed by atoms with Crippen molar-refractivity contribution in [3.8, 4) is 0 Å². The fourth-order valence-corrected chi connectivity index (χ4v) is 4.25. The minimum atomic E-state index is -0.966. The Balaban J connectivity index is 2.62. The lowest BCUT2D eigenvalue weighted by Crippen LogP contribution is -2.58. The van der Waals surface area contributed by atoms with Gasteiger partial charge in [0.05, 0.1) is 11.2 Å². The summed E-state index contributed by atoms with van der Waals surface area (Å²) >= 11 is 0. The van der Waals surface area contributed by atoms with E-state index in [2.05, 4.69) is 20.8 Å². The summed E-state index contributed by atoms with van der Waals surface area (Å²) in [4.78, 5) is 0. The van der Waals surface area contributed by atoms with E-state index in [9.17, 15) is 10.2 Å². The summed E-state index contributed by atoms with van der Waals surface area (Å²) in [6.07, 6.45) is 2.06. The molecule has 14 heavy (non-hydrogen) atoms. The van der Waals surface area contributed by atoms with Gasteiger partial charge in [-0.3, -0.25) is 0 Å². The molecule has 0 unspecified atom stereocenters. The molecule has 0 amide bonds. The second-order valence-corrected chi connectivity index (χ2v) is 6.36. The Bertz CT molecular complexity index is 270. The van der Waals surface area contributed by atoms with Crippen LogP contribution in [0.25, 0.3) is 0 Å². The summed E-state index contributed by atoms with van der Waals surface area (Å²) in [6.45, 7) is 10.1. The molecular formula is C12H22O2. The first-order chi connectivity index (χ1) is 6.09. The summed E-state index contributed by atoms with van der Waals surface area (Å²) in [5.74, 6) is 0.218. The molecule has 0 aromatic heterocycles.